The molecule has 1 aromatic carbocycles. The van der Waals surface area contributed by atoms with Gasteiger partial charge in [-0.25, -0.2) is 9.37 Å². The van der Waals surface area contributed by atoms with Gasteiger partial charge in [0.15, 0.2) is 5.78 Å². The molecule has 2 saturated heterocycles. The number of hydrogen-bond donors (Lipinski definition) is 0. The summed E-state index contributed by atoms with van der Waals surface area (Å²) in [7, 11) is 1.62. The smallest absolute Gasteiger partial charge is 0.259 e. The van der Waals surface area contributed by atoms with Crippen LogP contribution in [0.3, 0.4) is 0 Å². The molecule has 2 aromatic rings. The lowest BCUT2D eigenvalue weighted by atomic mass is 9.63. The van der Waals surface area contributed by atoms with Crippen LogP contribution in [0.5, 0.6) is 5.75 Å². The molecular formula is C32H39FN4O5. The van der Waals surface area contributed by atoms with Gasteiger partial charge in [0.05, 0.1) is 67.5 Å². The van der Waals surface area contributed by atoms with Crippen LogP contribution >= 0.6 is 0 Å². The predicted octanol–water partition coefficient (Wildman–Crippen LogP) is 3.68. The SMILES string of the molecule is COc1ccc2ncn(C3C(F)CC4C(=O)C(C(=O)N5CCOCC5)=CN5C6C(CCC7CCCCC76)OC3C45)c2c1. The van der Waals surface area contributed by atoms with Crippen LogP contribution in [0, 0.1) is 17.8 Å². The Labute approximate surface area is 244 Å². The number of nitrogens with zero attached hydrogens (tertiary/aromatic N) is 4. The molecule has 224 valence electrons. The van der Waals surface area contributed by atoms with Gasteiger partial charge in [-0.1, -0.05) is 19.3 Å². The Balaban J connectivity index is 1.23. The summed E-state index contributed by atoms with van der Waals surface area (Å²) >= 11 is 0. The van der Waals surface area contributed by atoms with Crippen molar-refractivity contribution < 1.29 is 28.2 Å². The summed E-state index contributed by atoms with van der Waals surface area (Å²) < 4.78 is 36.4. The molecule has 9 unspecified atom stereocenters. The number of imidazole rings is 1. The molecule has 9 nitrogen and oxygen atoms in total. The van der Waals surface area contributed by atoms with Gasteiger partial charge < -0.3 is 28.6 Å². The first-order chi connectivity index (χ1) is 20.5. The number of aromatic nitrogens is 2. The fourth-order valence-electron chi connectivity index (χ4n) is 9.18. The fraction of sp³-hybridized carbons (Fsp3) is 0.656. The molecular weight excluding hydrogens is 539 g/mol. The number of alkyl halides is 1. The third kappa shape index (κ3) is 4.04. The number of halogens is 1. The summed E-state index contributed by atoms with van der Waals surface area (Å²) in [6.45, 7) is 1.85. The minimum atomic E-state index is -1.34. The normalized spacial score (nSPS) is 37.9. The molecule has 4 heterocycles. The van der Waals surface area contributed by atoms with E-state index in [-0.39, 0.29) is 41.9 Å². The van der Waals surface area contributed by atoms with Gasteiger partial charge in [0.2, 0.25) is 0 Å². The van der Waals surface area contributed by atoms with E-state index in [1.165, 1.54) is 19.3 Å². The number of ether oxygens (including phenoxy) is 3. The molecule has 0 bridgehead atoms. The van der Waals surface area contributed by atoms with E-state index in [0.29, 0.717) is 43.9 Å². The third-order valence-electron chi connectivity index (χ3n) is 11.1. The maximum Gasteiger partial charge on any atom is 0.259 e. The van der Waals surface area contributed by atoms with Gasteiger partial charge >= 0.3 is 0 Å². The fourth-order valence-corrected chi connectivity index (χ4v) is 9.18. The Bertz CT molecular complexity index is 1420. The van der Waals surface area contributed by atoms with Gasteiger partial charge in [-0.05, 0) is 49.7 Å². The maximum absolute atomic E-state index is 16.6. The molecule has 1 aromatic heterocycles. The van der Waals surface area contributed by atoms with Gasteiger partial charge in [-0.2, -0.15) is 0 Å². The van der Waals surface area contributed by atoms with Crippen molar-refractivity contribution in [2.75, 3.05) is 33.4 Å². The molecule has 0 spiro atoms. The summed E-state index contributed by atoms with van der Waals surface area (Å²) in [5.41, 5.74) is 1.75. The lowest BCUT2D eigenvalue weighted by Crippen LogP contribution is -2.71. The number of amides is 1. The van der Waals surface area contributed by atoms with Crippen molar-refractivity contribution in [3.8, 4) is 5.75 Å². The molecule has 8 rings (SSSR count). The van der Waals surface area contributed by atoms with E-state index in [9.17, 15) is 9.59 Å². The van der Waals surface area contributed by atoms with Crippen molar-refractivity contribution in [2.24, 2.45) is 17.8 Å². The van der Waals surface area contributed by atoms with Crippen LogP contribution in [0.15, 0.2) is 36.3 Å². The number of benzene rings is 1. The number of fused-ring (bicyclic) bond motifs is 5. The van der Waals surface area contributed by atoms with E-state index in [1.807, 2.05) is 29.0 Å². The number of rotatable bonds is 3. The Morgan fingerprint density at radius 1 is 1.07 bits per heavy atom. The molecule has 0 N–H and O–H groups in total. The van der Waals surface area contributed by atoms with Crippen molar-refractivity contribution in [3.63, 3.8) is 0 Å². The van der Waals surface area contributed by atoms with Crippen LogP contribution in [0.25, 0.3) is 11.0 Å². The first kappa shape index (κ1) is 26.6. The molecule has 0 radical (unpaired) electrons. The highest BCUT2D eigenvalue weighted by Gasteiger charge is 2.61. The van der Waals surface area contributed by atoms with Crippen LogP contribution in [0.2, 0.25) is 0 Å². The average Bonchev–Trinajstić information content (AvgIpc) is 3.44. The molecule has 5 fully saturated rings. The Morgan fingerprint density at radius 3 is 2.74 bits per heavy atom. The summed E-state index contributed by atoms with van der Waals surface area (Å²) in [4.78, 5) is 36.5. The van der Waals surface area contributed by atoms with Crippen molar-refractivity contribution in [1.82, 2.24) is 19.4 Å². The van der Waals surface area contributed by atoms with Crippen LogP contribution in [-0.2, 0) is 19.1 Å². The van der Waals surface area contributed by atoms with E-state index in [2.05, 4.69) is 9.88 Å². The Morgan fingerprint density at radius 2 is 1.90 bits per heavy atom. The summed E-state index contributed by atoms with van der Waals surface area (Å²) in [5, 5.41) is 0. The highest BCUT2D eigenvalue weighted by atomic mass is 19.1. The van der Waals surface area contributed by atoms with Crippen molar-refractivity contribution in [3.05, 3.63) is 36.3 Å². The van der Waals surface area contributed by atoms with Crippen LogP contribution < -0.4 is 4.74 Å². The minimum absolute atomic E-state index is 0.0490. The monoisotopic (exact) mass is 578 g/mol. The van der Waals surface area contributed by atoms with E-state index < -0.39 is 24.2 Å². The number of hydrogen-bond acceptors (Lipinski definition) is 7. The molecule has 42 heavy (non-hydrogen) atoms. The van der Waals surface area contributed by atoms with Gasteiger partial charge in [0.1, 0.15) is 18.0 Å². The van der Waals surface area contributed by atoms with Crippen LogP contribution in [-0.4, -0.2) is 94.9 Å². The number of morpholine rings is 2. The molecule has 3 saturated carbocycles. The van der Waals surface area contributed by atoms with E-state index in [4.69, 9.17) is 14.2 Å². The largest absolute Gasteiger partial charge is 0.497 e. The number of carbonyl (C=O) groups excluding carboxylic acids is 2. The van der Waals surface area contributed by atoms with Gasteiger partial charge in [0, 0.05) is 31.3 Å². The highest BCUT2D eigenvalue weighted by molar-refractivity contribution is 6.20. The van der Waals surface area contributed by atoms with Gasteiger partial charge in [-0.15, -0.1) is 0 Å². The first-order valence-electron chi connectivity index (χ1n) is 15.7. The summed E-state index contributed by atoms with van der Waals surface area (Å²) in [5.74, 6) is 0.624. The third-order valence-corrected chi connectivity index (χ3v) is 11.1. The average molecular weight is 579 g/mol. The van der Waals surface area contributed by atoms with Gasteiger partial charge in [0.25, 0.3) is 5.91 Å². The zero-order valence-corrected chi connectivity index (χ0v) is 24.1. The quantitative estimate of drug-likeness (QED) is 0.514. The Kier molecular flexibility index (Phi) is 6.55. The molecule has 10 heteroatoms. The van der Waals surface area contributed by atoms with Crippen molar-refractivity contribution in [1.29, 1.82) is 0 Å². The Hall–Kier alpha value is -2.98. The number of Topliss-reactive ketones (excluding diaryl/α,β-unsaturated/α-hetero) is 1. The van der Waals surface area contributed by atoms with Crippen molar-refractivity contribution >= 4 is 22.7 Å². The maximum atomic E-state index is 16.6. The second-order valence-corrected chi connectivity index (χ2v) is 13.0. The number of methoxy groups -OCH3 is 1. The minimum Gasteiger partial charge on any atom is -0.497 e. The van der Waals surface area contributed by atoms with Crippen molar-refractivity contribution in [2.45, 2.75) is 81.5 Å². The predicted molar refractivity (Wildman–Crippen MR) is 152 cm³/mol. The molecule has 3 aliphatic carbocycles. The standard InChI is InChI=1S/C32H39FN4O5/c1-40-19-7-8-24-25(14-19)37(17-34-24)29-23(33)15-21-28-31(29)42-26-9-6-18-4-2-3-5-20(18)27(26)36(28)16-22(30(21)38)32(39)35-10-12-41-13-11-35/h7-8,14,16-18,20-21,23,26-29,31H,2-6,9-13,15H2,1H3. The lowest BCUT2D eigenvalue weighted by molar-refractivity contribution is -0.220. The second-order valence-electron chi connectivity index (χ2n) is 13.0. The zero-order chi connectivity index (χ0) is 28.5. The summed E-state index contributed by atoms with van der Waals surface area (Å²) in [6.07, 6.45) is 8.47. The second kappa shape index (κ2) is 10.3. The first-order valence-corrected chi connectivity index (χ1v) is 15.7. The van der Waals surface area contributed by atoms with E-state index in [0.717, 1.165) is 30.3 Å². The molecule has 6 aliphatic rings. The zero-order valence-electron chi connectivity index (χ0n) is 24.1. The topological polar surface area (TPSA) is 86.1 Å². The number of ketones is 1. The molecule has 3 aliphatic heterocycles. The number of carbonyl (C=O) groups is 2. The molecule has 1 amide bonds. The van der Waals surface area contributed by atoms with Gasteiger partial charge in [-0.3, -0.25) is 9.59 Å². The lowest BCUT2D eigenvalue weighted by Gasteiger charge is -2.62. The highest BCUT2D eigenvalue weighted by Crippen LogP contribution is 2.53. The summed E-state index contributed by atoms with van der Waals surface area (Å²) in [6, 6.07) is 4.74. The van der Waals surface area contributed by atoms with E-state index in [1.54, 1.807) is 18.3 Å². The van der Waals surface area contributed by atoms with Crippen LogP contribution in [0.4, 0.5) is 4.39 Å². The van der Waals surface area contributed by atoms with E-state index >= 15 is 4.39 Å². The van der Waals surface area contributed by atoms with Crippen LogP contribution in [0.1, 0.15) is 51.0 Å². The molecule has 9 atom stereocenters.